The van der Waals surface area contributed by atoms with Crippen LogP contribution < -0.4 is 5.32 Å². The maximum Gasteiger partial charge on any atom is 0.0478 e. The third kappa shape index (κ3) is 10.3. The average Bonchev–Trinajstić information content (AvgIpc) is 2.93. The van der Waals surface area contributed by atoms with Crippen LogP contribution in [0.25, 0.3) is 0 Å². The number of unbranched alkanes of at least 4 members (excludes halogenated alkanes) is 3. The molecule has 0 bridgehead atoms. The molecule has 1 fully saturated rings. The van der Waals surface area contributed by atoms with Crippen molar-refractivity contribution < 1.29 is 4.74 Å². The lowest BCUT2D eigenvalue weighted by atomic mass is 10.2. The van der Waals surface area contributed by atoms with Gasteiger partial charge in [0.25, 0.3) is 0 Å². The van der Waals surface area contributed by atoms with Gasteiger partial charge in [-0.1, -0.05) is 26.2 Å². The first-order valence-electron chi connectivity index (χ1n) is 8.44. The monoisotopic (exact) mass is 270 g/mol. The second kappa shape index (κ2) is 12.9. The minimum absolute atomic E-state index is 0.922. The van der Waals surface area contributed by atoms with E-state index in [9.17, 15) is 0 Å². The number of rotatable bonds is 13. The first kappa shape index (κ1) is 16.9. The molecule has 0 atom stereocenters. The second-order valence-electron chi connectivity index (χ2n) is 5.68. The van der Waals surface area contributed by atoms with Crippen molar-refractivity contribution in [3.8, 4) is 0 Å². The Bertz CT molecular complexity index is 182. The molecule has 1 saturated heterocycles. The van der Waals surface area contributed by atoms with E-state index < -0.39 is 0 Å². The second-order valence-corrected chi connectivity index (χ2v) is 5.68. The molecule has 0 saturated carbocycles. The maximum absolute atomic E-state index is 5.62. The fourth-order valence-electron chi connectivity index (χ4n) is 2.59. The molecule has 1 aliphatic rings. The van der Waals surface area contributed by atoms with Crippen molar-refractivity contribution in [1.29, 1.82) is 0 Å². The van der Waals surface area contributed by atoms with Crippen LogP contribution in [0.4, 0.5) is 0 Å². The van der Waals surface area contributed by atoms with Gasteiger partial charge >= 0.3 is 0 Å². The maximum atomic E-state index is 5.62. The van der Waals surface area contributed by atoms with E-state index in [2.05, 4.69) is 17.1 Å². The van der Waals surface area contributed by atoms with E-state index in [1.165, 1.54) is 64.6 Å². The highest BCUT2D eigenvalue weighted by Crippen LogP contribution is 2.06. The van der Waals surface area contributed by atoms with E-state index in [1.54, 1.807) is 0 Å². The molecule has 0 aromatic carbocycles. The van der Waals surface area contributed by atoms with Crippen LogP contribution in [-0.4, -0.2) is 50.8 Å². The molecule has 1 aliphatic heterocycles. The number of hydrogen-bond acceptors (Lipinski definition) is 3. The zero-order valence-corrected chi connectivity index (χ0v) is 13.0. The molecule has 114 valence electrons. The molecule has 1 rings (SSSR count). The molecule has 0 aliphatic carbocycles. The van der Waals surface area contributed by atoms with Crippen molar-refractivity contribution in [1.82, 2.24) is 10.2 Å². The zero-order valence-electron chi connectivity index (χ0n) is 13.0. The molecule has 0 unspecified atom stereocenters. The highest BCUT2D eigenvalue weighted by molar-refractivity contribution is 4.66. The lowest BCUT2D eigenvalue weighted by Gasteiger charge is -2.14. The van der Waals surface area contributed by atoms with Gasteiger partial charge < -0.3 is 15.0 Å². The minimum Gasteiger partial charge on any atom is -0.381 e. The first-order valence-corrected chi connectivity index (χ1v) is 8.44. The third-order valence-corrected chi connectivity index (χ3v) is 3.81. The van der Waals surface area contributed by atoms with Crippen molar-refractivity contribution in [3.63, 3.8) is 0 Å². The topological polar surface area (TPSA) is 24.5 Å². The summed E-state index contributed by atoms with van der Waals surface area (Å²) in [6, 6.07) is 0. The summed E-state index contributed by atoms with van der Waals surface area (Å²) in [6.45, 7) is 10.3. The van der Waals surface area contributed by atoms with Crippen molar-refractivity contribution in [3.05, 3.63) is 0 Å². The Hall–Kier alpha value is -0.120. The Morgan fingerprint density at radius 3 is 2.42 bits per heavy atom. The molecule has 0 amide bonds. The van der Waals surface area contributed by atoms with Gasteiger partial charge in [-0.05, 0) is 64.8 Å². The van der Waals surface area contributed by atoms with Gasteiger partial charge in [0, 0.05) is 13.2 Å². The predicted molar refractivity (Wildman–Crippen MR) is 82.7 cm³/mol. The molecule has 3 nitrogen and oxygen atoms in total. The van der Waals surface area contributed by atoms with Gasteiger partial charge in [-0.15, -0.1) is 0 Å². The molecule has 3 heteroatoms. The van der Waals surface area contributed by atoms with Gasteiger partial charge in [-0.2, -0.15) is 0 Å². The predicted octanol–water partition coefficient (Wildman–Crippen LogP) is 3.05. The van der Waals surface area contributed by atoms with Crippen LogP contribution in [0, 0.1) is 0 Å². The smallest absolute Gasteiger partial charge is 0.0478 e. The van der Waals surface area contributed by atoms with E-state index in [1.807, 2.05) is 0 Å². The molecule has 1 N–H and O–H groups in total. The summed E-state index contributed by atoms with van der Waals surface area (Å²) in [5, 5.41) is 3.51. The third-order valence-electron chi connectivity index (χ3n) is 3.81. The van der Waals surface area contributed by atoms with E-state index in [0.29, 0.717) is 0 Å². The van der Waals surface area contributed by atoms with Crippen LogP contribution in [0.2, 0.25) is 0 Å². The summed E-state index contributed by atoms with van der Waals surface area (Å²) >= 11 is 0. The number of nitrogens with one attached hydrogen (secondary N) is 1. The van der Waals surface area contributed by atoms with Crippen molar-refractivity contribution in [2.45, 2.75) is 58.3 Å². The number of likely N-dealkylation sites (tertiary alicyclic amines) is 1. The molecule has 0 aromatic heterocycles. The fourth-order valence-corrected chi connectivity index (χ4v) is 2.59. The Morgan fingerprint density at radius 1 is 0.895 bits per heavy atom. The molecule has 0 spiro atoms. The SMILES string of the molecule is CCCCCCOCCCNCCCN1CCCC1. The average molecular weight is 270 g/mol. The standard InChI is InChI=1S/C16H34N2O/c1-2-3-4-7-15-19-16-9-11-17-10-8-14-18-12-5-6-13-18/h17H,2-16H2,1H3. The molecular weight excluding hydrogens is 236 g/mol. The first-order chi connectivity index (χ1) is 9.43. The highest BCUT2D eigenvalue weighted by Gasteiger charge is 2.09. The molecule has 1 heterocycles. The van der Waals surface area contributed by atoms with Gasteiger partial charge in [0.2, 0.25) is 0 Å². The highest BCUT2D eigenvalue weighted by atomic mass is 16.5. The lowest BCUT2D eigenvalue weighted by Crippen LogP contribution is -2.25. The van der Waals surface area contributed by atoms with Gasteiger partial charge in [0.1, 0.15) is 0 Å². The summed E-state index contributed by atoms with van der Waals surface area (Å²) in [5.74, 6) is 0. The minimum atomic E-state index is 0.922. The van der Waals surface area contributed by atoms with Crippen LogP contribution in [0.1, 0.15) is 58.3 Å². The summed E-state index contributed by atoms with van der Waals surface area (Å²) in [5.41, 5.74) is 0. The van der Waals surface area contributed by atoms with Crippen LogP contribution >= 0.6 is 0 Å². The van der Waals surface area contributed by atoms with Crippen LogP contribution in [0.3, 0.4) is 0 Å². The molecule has 19 heavy (non-hydrogen) atoms. The van der Waals surface area contributed by atoms with Crippen molar-refractivity contribution in [2.75, 3.05) is 45.9 Å². The summed E-state index contributed by atoms with van der Waals surface area (Å²) < 4.78 is 5.62. The largest absolute Gasteiger partial charge is 0.381 e. The van der Waals surface area contributed by atoms with Crippen LogP contribution in [0.5, 0.6) is 0 Å². The number of ether oxygens (including phenoxy) is 1. The molecule has 0 aromatic rings. The van der Waals surface area contributed by atoms with E-state index in [4.69, 9.17) is 4.74 Å². The fraction of sp³-hybridized carbons (Fsp3) is 1.00. The van der Waals surface area contributed by atoms with Gasteiger partial charge in [-0.3, -0.25) is 0 Å². The lowest BCUT2D eigenvalue weighted by molar-refractivity contribution is 0.127. The van der Waals surface area contributed by atoms with Crippen LogP contribution in [0.15, 0.2) is 0 Å². The number of hydrogen-bond donors (Lipinski definition) is 1. The van der Waals surface area contributed by atoms with Crippen molar-refractivity contribution in [2.24, 2.45) is 0 Å². The van der Waals surface area contributed by atoms with Gasteiger partial charge in [0.15, 0.2) is 0 Å². The van der Waals surface area contributed by atoms with E-state index in [0.717, 1.165) is 32.7 Å². The number of nitrogens with zero attached hydrogens (tertiary/aromatic N) is 1. The molecule has 0 radical (unpaired) electrons. The summed E-state index contributed by atoms with van der Waals surface area (Å²) in [7, 11) is 0. The summed E-state index contributed by atoms with van der Waals surface area (Å²) in [4.78, 5) is 2.58. The van der Waals surface area contributed by atoms with Gasteiger partial charge in [-0.25, -0.2) is 0 Å². The Kier molecular flexibility index (Phi) is 11.5. The summed E-state index contributed by atoms with van der Waals surface area (Å²) in [6.07, 6.45) is 10.5. The van der Waals surface area contributed by atoms with Crippen molar-refractivity contribution >= 4 is 0 Å². The Labute approximate surface area is 120 Å². The normalized spacial score (nSPS) is 16.3. The Morgan fingerprint density at radius 2 is 1.63 bits per heavy atom. The van der Waals surface area contributed by atoms with E-state index >= 15 is 0 Å². The molecular formula is C16H34N2O. The Balaban J connectivity index is 1.67. The quantitative estimate of drug-likeness (QED) is 0.521. The van der Waals surface area contributed by atoms with E-state index in [-0.39, 0.29) is 0 Å². The zero-order chi connectivity index (χ0) is 13.6. The van der Waals surface area contributed by atoms with Crippen LogP contribution in [-0.2, 0) is 4.74 Å². The van der Waals surface area contributed by atoms with Gasteiger partial charge in [0.05, 0.1) is 0 Å².